The van der Waals surface area contributed by atoms with Crippen LogP contribution in [0.1, 0.15) is 11.1 Å². The Hall–Kier alpha value is -2.12. The van der Waals surface area contributed by atoms with Crippen molar-refractivity contribution in [2.24, 2.45) is 0 Å². The summed E-state index contributed by atoms with van der Waals surface area (Å²) < 4.78 is 7.11. The van der Waals surface area contributed by atoms with Crippen LogP contribution in [0.25, 0.3) is 10.2 Å². The van der Waals surface area contributed by atoms with Gasteiger partial charge in [0.25, 0.3) is 5.69 Å². The fraction of sp³-hybridized carbons (Fsp3) is 0.188. The first-order valence-corrected chi connectivity index (χ1v) is 8.68. The summed E-state index contributed by atoms with van der Waals surface area (Å²) in [6.07, 6.45) is 0. The monoisotopic (exact) mass is 346 g/mol. The third kappa shape index (κ3) is 3.46. The maximum absolute atomic E-state index is 10.8. The number of nitro benzene ring substituents is 1. The average Bonchev–Trinajstić information content (AvgIpc) is 2.94. The number of hydrogen-bond donors (Lipinski definition) is 0. The number of thioether (sulfide) groups is 1. The molecule has 7 heteroatoms. The highest BCUT2D eigenvalue weighted by Gasteiger charge is 2.11. The summed E-state index contributed by atoms with van der Waals surface area (Å²) in [4.78, 5) is 15.0. The van der Waals surface area contributed by atoms with Crippen molar-refractivity contribution in [1.82, 2.24) is 4.98 Å². The van der Waals surface area contributed by atoms with Crippen LogP contribution in [0, 0.1) is 17.0 Å². The normalized spacial score (nSPS) is 10.9. The SMILES string of the molecule is COc1ccc(C)cc1CSc1nc2ccc([N+](=O)[O-])cc2s1. The quantitative estimate of drug-likeness (QED) is 0.377. The van der Waals surface area contributed by atoms with Crippen LogP contribution < -0.4 is 4.74 Å². The molecule has 0 spiro atoms. The zero-order chi connectivity index (χ0) is 16.4. The summed E-state index contributed by atoms with van der Waals surface area (Å²) in [5, 5.41) is 10.8. The van der Waals surface area contributed by atoms with Gasteiger partial charge in [0.1, 0.15) is 5.75 Å². The molecular formula is C16H14N2O3S2. The highest BCUT2D eigenvalue weighted by molar-refractivity contribution is 8.00. The first kappa shape index (κ1) is 15.8. The lowest BCUT2D eigenvalue weighted by molar-refractivity contribution is -0.384. The van der Waals surface area contributed by atoms with Crippen molar-refractivity contribution >= 4 is 39.0 Å². The molecule has 0 N–H and O–H groups in total. The van der Waals surface area contributed by atoms with E-state index in [1.165, 1.54) is 23.0 Å². The smallest absolute Gasteiger partial charge is 0.270 e. The number of aryl methyl sites for hydroxylation is 1. The number of rotatable bonds is 5. The molecule has 0 saturated carbocycles. The largest absolute Gasteiger partial charge is 0.496 e. The number of hydrogen-bond acceptors (Lipinski definition) is 6. The van der Waals surface area contributed by atoms with E-state index >= 15 is 0 Å². The molecule has 0 bridgehead atoms. The van der Waals surface area contributed by atoms with Gasteiger partial charge in [-0.25, -0.2) is 4.98 Å². The number of nitrogens with zero attached hydrogens (tertiary/aromatic N) is 2. The number of ether oxygens (including phenoxy) is 1. The van der Waals surface area contributed by atoms with Crippen LogP contribution in [0.2, 0.25) is 0 Å². The van der Waals surface area contributed by atoms with E-state index in [4.69, 9.17) is 4.74 Å². The molecule has 3 rings (SSSR count). The lowest BCUT2D eigenvalue weighted by atomic mass is 10.1. The number of non-ortho nitro benzene ring substituents is 1. The number of benzene rings is 2. The van der Waals surface area contributed by atoms with E-state index in [1.807, 2.05) is 19.1 Å². The standard InChI is InChI=1S/C16H14N2O3S2/c1-10-3-6-14(21-2)11(7-10)9-22-16-17-13-5-4-12(18(19)20)8-15(13)23-16/h3-8H,9H2,1-2H3. The highest BCUT2D eigenvalue weighted by atomic mass is 32.2. The van der Waals surface area contributed by atoms with Crippen molar-refractivity contribution < 1.29 is 9.66 Å². The molecule has 3 aromatic rings. The van der Waals surface area contributed by atoms with Crippen LogP contribution in [0.3, 0.4) is 0 Å². The van der Waals surface area contributed by atoms with E-state index in [0.717, 1.165) is 31.6 Å². The van der Waals surface area contributed by atoms with Gasteiger partial charge >= 0.3 is 0 Å². The molecule has 0 aliphatic carbocycles. The van der Waals surface area contributed by atoms with Crippen molar-refractivity contribution in [3.8, 4) is 5.75 Å². The number of nitro groups is 1. The lowest BCUT2D eigenvalue weighted by Crippen LogP contribution is -1.91. The third-order valence-electron chi connectivity index (χ3n) is 3.35. The molecule has 0 saturated heterocycles. The van der Waals surface area contributed by atoms with Crippen molar-refractivity contribution in [3.63, 3.8) is 0 Å². The van der Waals surface area contributed by atoms with Gasteiger partial charge in [-0.3, -0.25) is 10.1 Å². The number of thiazole rings is 1. The molecule has 1 aromatic heterocycles. The molecule has 0 fully saturated rings. The van der Waals surface area contributed by atoms with Gasteiger partial charge < -0.3 is 4.74 Å². The molecule has 5 nitrogen and oxygen atoms in total. The molecule has 0 atom stereocenters. The lowest BCUT2D eigenvalue weighted by Gasteiger charge is -2.08. The molecule has 0 unspecified atom stereocenters. The number of methoxy groups -OCH3 is 1. The van der Waals surface area contributed by atoms with E-state index in [2.05, 4.69) is 11.1 Å². The molecule has 1 heterocycles. The Morgan fingerprint density at radius 2 is 2.13 bits per heavy atom. The Labute approximate surface area is 141 Å². The van der Waals surface area contributed by atoms with Crippen molar-refractivity contribution in [3.05, 3.63) is 57.6 Å². The van der Waals surface area contributed by atoms with Crippen LogP contribution in [0.15, 0.2) is 40.7 Å². The van der Waals surface area contributed by atoms with E-state index in [0.29, 0.717) is 0 Å². The fourth-order valence-electron chi connectivity index (χ4n) is 2.23. The molecule has 0 radical (unpaired) electrons. The Balaban J connectivity index is 1.82. The molecule has 23 heavy (non-hydrogen) atoms. The topological polar surface area (TPSA) is 65.3 Å². The Morgan fingerprint density at radius 3 is 2.87 bits per heavy atom. The van der Waals surface area contributed by atoms with Crippen LogP contribution in [-0.2, 0) is 5.75 Å². The maximum Gasteiger partial charge on any atom is 0.270 e. The Kier molecular flexibility index (Phi) is 4.49. The zero-order valence-electron chi connectivity index (χ0n) is 12.6. The van der Waals surface area contributed by atoms with Crippen LogP contribution in [0.5, 0.6) is 5.75 Å². The minimum Gasteiger partial charge on any atom is -0.496 e. The summed E-state index contributed by atoms with van der Waals surface area (Å²) >= 11 is 3.08. The van der Waals surface area contributed by atoms with Crippen LogP contribution in [-0.4, -0.2) is 17.0 Å². The molecule has 2 aromatic carbocycles. The summed E-state index contributed by atoms with van der Waals surface area (Å²) in [5.41, 5.74) is 3.18. The van der Waals surface area contributed by atoms with Crippen LogP contribution in [0.4, 0.5) is 5.69 Å². The summed E-state index contributed by atoms with van der Waals surface area (Å²) in [7, 11) is 1.66. The first-order chi connectivity index (χ1) is 11.1. The van der Waals surface area contributed by atoms with E-state index in [-0.39, 0.29) is 10.6 Å². The van der Waals surface area contributed by atoms with Gasteiger partial charge in [0.05, 0.1) is 22.2 Å². The Morgan fingerprint density at radius 1 is 1.30 bits per heavy atom. The second kappa shape index (κ2) is 6.55. The molecule has 0 amide bonds. The second-order valence-electron chi connectivity index (χ2n) is 4.99. The first-order valence-electron chi connectivity index (χ1n) is 6.88. The minimum absolute atomic E-state index is 0.0954. The predicted molar refractivity (Wildman–Crippen MR) is 93.6 cm³/mol. The summed E-state index contributed by atoms with van der Waals surface area (Å²) in [6, 6.07) is 10.8. The van der Waals surface area contributed by atoms with Gasteiger partial charge in [0.2, 0.25) is 0 Å². The maximum atomic E-state index is 10.8. The third-order valence-corrected chi connectivity index (χ3v) is 5.56. The zero-order valence-corrected chi connectivity index (χ0v) is 14.2. The molecule has 118 valence electrons. The van der Waals surface area contributed by atoms with Crippen molar-refractivity contribution in [2.75, 3.05) is 7.11 Å². The van der Waals surface area contributed by atoms with Crippen molar-refractivity contribution in [1.29, 1.82) is 0 Å². The highest BCUT2D eigenvalue weighted by Crippen LogP contribution is 2.35. The van der Waals surface area contributed by atoms with Gasteiger partial charge in [0.15, 0.2) is 4.34 Å². The Bertz CT molecular complexity index is 877. The van der Waals surface area contributed by atoms with Crippen molar-refractivity contribution in [2.45, 2.75) is 17.0 Å². The minimum atomic E-state index is -0.385. The molecule has 0 aliphatic heterocycles. The predicted octanol–water partition coefficient (Wildman–Crippen LogP) is 4.81. The van der Waals surface area contributed by atoms with Gasteiger partial charge in [-0.05, 0) is 19.1 Å². The molecular weight excluding hydrogens is 332 g/mol. The van der Waals surface area contributed by atoms with Crippen LogP contribution >= 0.6 is 23.1 Å². The number of fused-ring (bicyclic) bond motifs is 1. The summed E-state index contributed by atoms with van der Waals surface area (Å²) in [5.74, 6) is 1.60. The van der Waals surface area contributed by atoms with E-state index < -0.39 is 0 Å². The van der Waals surface area contributed by atoms with Gasteiger partial charge in [0, 0.05) is 23.4 Å². The fourth-order valence-corrected chi connectivity index (χ4v) is 4.31. The number of aromatic nitrogens is 1. The molecule has 0 aliphatic rings. The average molecular weight is 346 g/mol. The van der Waals surface area contributed by atoms with E-state index in [1.54, 1.807) is 31.0 Å². The van der Waals surface area contributed by atoms with Gasteiger partial charge in [-0.2, -0.15) is 0 Å². The van der Waals surface area contributed by atoms with Gasteiger partial charge in [-0.1, -0.05) is 29.5 Å². The van der Waals surface area contributed by atoms with E-state index in [9.17, 15) is 10.1 Å². The summed E-state index contributed by atoms with van der Waals surface area (Å²) in [6.45, 7) is 2.05. The van der Waals surface area contributed by atoms with Gasteiger partial charge in [-0.15, -0.1) is 11.3 Å². The second-order valence-corrected chi connectivity index (χ2v) is 7.25.